The zero-order chi connectivity index (χ0) is 70.1. The molecule has 0 unspecified atom stereocenters. The molecule has 0 aromatic carbocycles. The summed E-state index contributed by atoms with van der Waals surface area (Å²) in [5, 5.41) is 31.3. The van der Waals surface area contributed by atoms with Gasteiger partial charge in [0.05, 0.1) is 63.9 Å². The predicted molar refractivity (Wildman–Crippen MR) is 373 cm³/mol. The number of aromatic nitrogens is 15. The number of nitrogens with two attached hydrogens (primary N) is 1. The minimum atomic E-state index is -0.351. The van der Waals surface area contributed by atoms with Gasteiger partial charge in [0.25, 0.3) is 34.4 Å². The number of hydrogen-bond acceptors (Lipinski definition) is 22. The van der Waals surface area contributed by atoms with Gasteiger partial charge in [-0.1, -0.05) is 43.6 Å². The molecule has 2 aliphatic rings. The SMILES string of the molecule is CCc1cc(Cl)nc2c(C(=O)N[C@H](C)COCc3cc(N)c(=O)n(-c4ccccn4)c3)cnn12.CCc1cc2nc3c(cnn13)C(=O)N[C@H](C)COCc1cc(c(=O)n(-c3ccccn3)c1)N2.CNc1cc2nc3c(cnn13)C(=O)N[C@H](C)COCc1cc(c(=O)n(-c3ccccn3)c1)N2. The van der Waals surface area contributed by atoms with Crippen LogP contribution in [-0.2, 0) is 46.9 Å². The van der Waals surface area contributed by atoms with E-state index in [1.165, 1.54) is 36.8 Å². The van der Waals surface area contributed by atoms with Gasteiger partial charge >= 0.3 is 0 Å². The molecule has 3 atom stereocenters. The number of anilines is 6. The van der Waals surface area contributed by atoms with Crippen LogP contribution in [0, 0.1) is 0 Å². The highest BCUT2D eigenvalue weighted by atomic mass is 35.5. The van der Waals surface area contributed by atoms with Crippen LogP contribution in [-0.4, -0.2) is 135 Å². The molecule has 512 valence electrons. The molecular formula is C68H69ClN22O9. The van der Waals surface area contributed by atoms with Gasteiger partial charge < -0.3 is 51.8 Å². The molecule has 2 aliphatic heterocycles. The molecule has 0 aliphatic carbocycles. The molecule has 0 fully saturated rings. The minimum Gasteiger partial charge on any atom is -0.394 e. The Balaban J connectivity index is 0.000000142. The fraction of sp³-hybridized carbons (Fsp3) is 0.250. The number of nitrogen functional groups attached to an aromatic ring is 1. The van der Waals surface area contributed by atoms with Crippen molar-refractivity contribution < 1.29 is 28.6 Å². The van der Waals surface area contributed by atoms with Crippen LogP contribution in [0.3, 0.4) is 0 Å². The van der Waals surface area contributed by atoms with Crippen molar-refractivity contribution in [2.75, 3.05) is 48.6 Å². The van der Waals surface area contributed by atoms with Crippen molar-refractivity contribution in [1.29, 1.82) is 0 Å². The van der Waals surface area contributed by atoms with E-state index in [0.717, 1.165) is 22.5 Å². The van der Waals surface area contributed by atoms with Crippen LogP contribution in [0.15, 0.2) is 161 Å². The van der Waals surface area contributed by atoms with Crippen LogP contribution in [0.4, 0.5) is 34.5 Å². The quantitative estimate of drug-likeness (QED) is 0.0655. The van der Waals surface area contributed by atoms with E-state index in [4.69, 9.17) is 31.5 Å². The van der Waals surface area contributed by atoms with Gasteiger partial charge in [0.1, 0.15) is 68.1 Å². The van der Waals surface area contributed by atoms with Crippen molar-refractivity contribution in [2.24, 2.45) is 0 Å². The molecule has 14 heterocycles. The van der Waals surface area contributed by atoms with Gasteiger partial charge in [-0.05, 0) is 111 Å². The van der Waals surface area contributed by atoms with Crippen molar-refractivity contribution in [3.8, 4) is 17.5 Å². The third kappa shape index (κ3) is 15.1. The van der Waals surface area contributed by atoms with E-state index in [9.17, 15) is 28.8 Å². The van der Waals surface area contributed by atoms with E-state index in [1.807, 2.05) is 52.8 Å². The average Bonchev–Trinajstić information content (AvgIpc) is 1.47. The summed E-state index contributed by atoms with van der Waals surface area (Å²) in [6.07, 6.45) is 15.7. The molecule has 14 rings (SSSR count). The van der Waals surface area contributed by atoms with Crippen LogP contribution >= 0.6 is 11.6 Å². The van der Waals surface area contributed by atoms with Gasteiger partial charge in [-0.25, -0.2) is 38.9 Å². The molecule has 0 saturated heterocycles. The van der Waals surface area contributed by atoms with Gasteiger partial charge in [-0.15, -0.1) is 0 Å². The summed E-state index contributed by atoms with van der Waals surface area (Å²) in [5.41, 5.74) is 11.8. The second-order valence-corrected chi connectivity index (χ2v) is 23.8. The normalized spacial score (nSPS) is 14.8. The van der Waals surface area contributed by atoms with Crippen LogP contribution in [0.5, 0.6) is 0 Å². The summed E-state index contributed by atoms with van der Waals surface area (Å²) in [5.74, 6) is 1.99. The molecule has 8 bridgehead atoms. The predicted octanol–water partition coefficient (Wildman–Crippen LogP) is 6.35. The smallest absolute Gasteiger partial charge is 0.280 e. The molecule has 3 amide bonds. The molecule has 0 radical (unpaired) electrons. The Morgan fingerprint density at radius 3 is 1.67 bits per heavy atom. The zero-order valence-corrected chi connectivity index (χ0v) is 55.8. The fourth-order valence-corrected chi connectivity index (χ4v) is 11.2. The van der Waals surface area contributed by atoms with Gasteiger partial charge in [0, 0.05) is 85.9 Å². The van der Waals surface area contributed by atoms with E-state index in [-0.39, 0.29) is 91.2 Å². The summed E-state index contributed by atoms with van der Waals surface area (Å²) in [7, 11) is 1.74. The molecule has 8 N–H and O–H groups in total. The van der Waals surface area contributed by atoms with Crippen LogP contribution in [0.1, 0.15) is 93.8 Å². The number of nitrogens with zero attached hydrogens (tertiary/aromatic N) is 15. The maximum atomic E-state index is 13.3. The first kappa shape index (κ1) is 67.9. The topological polar surface area (TPSA) is 372 Å². The van der Waals surface area contributed by atoms with Crippen LogP contribution in [0.2, 0.25) is 5.15 Å². The number of halogens is 1. The second-order valence-electron chi connectivity index (χ2n) is 23.4. The Bertz CT molecular complexity index is 4980. The van der Waals surface area contributed by atoms with E-state index >= 15 is 0 Å². The van der Waals surface area contributed by atoms with Gasteiger partial charge in [0.2, 0.25) is 0 Å². The van der Waals surface area contributed by atoms with Crippen molar-refractivity contribution in [3.63, 3.8) is 0 Å². The van der Waals surface area contributed by atoms with Crippen molar-refractivity contribution in [1.82, 2.24) is 88.4 Å². The second kappa shape index (κ2) is 30.1. The molecule has 32 heteroatoms. The lowest BCUT2D eigenvalue weighted by molar-refractivity contribution is 0.0816. The third-order valence-corrected chi connectivity index (χ3v) is 15.9. The number of nitrogens with one attached hydrogen (secondary N) is 6. The molecule has 31 nitrogen and oxygen atoms in total. The summed E-state index contributed by atoms with van der Waals surface area (Å²) in [6.45, 7) is 11.0. The number of hydrogen-bond donors (Lipinski definition) is 7. The van der Waals surface area contributed by atoms with Crippen LogP contribution < -0.4 is 54.3 Å². The van der Waals surface area contributed by atoms with Gasteiger partial charge in [-0.3, -0.25) is 42.5 Å². The molecule has 12 aromatic rings. The first-order valence-corrected chi connectivity index (χ1v) is 32.2. The minimum absolute atomic E-state index is 0.0961. The Labute approximate surface area is 574 Å². The maximum absolute atomic E-state index is 13.3. The number of carbonyl (C=O) groups excluding carboxylic acids is 3. The standard InChI is InChI=1S/C23H24ClN7O3.C23H23N7O3.C22H22N8O3/c1-3-16-9-19(24)29-21-17(10-27-31(16)21)22(32)28-14(2)12-34-13-15-8-18(25)23(33)30(11-15)20-6-4-5-7-26-20;1-3-16-9-19-27-18-8-15(11-29(23(18)32)20-6-4-5-7-24-20)13-33-12-14(2)26-22(31)17-10-25-30(16)21(17)28-19;1-13-11-33-12-14-7-16(22(32)29(10-14)18-5-3-4-6-24-18)27-17-8-19(23-2)30-20(28-17)15(9-25-30)21(31)26-13/h4-11,14H,3,12-13,25H2,1-2H3,(H,28,32);4-11,14H,3,12-13H2,1-2H3,(H,26,31)(H,27,28);3-10,13,23H,11-12H2,1-2H3,(H,26,31)(H,27,28)/t2*14-;13-/m111/s1. The highest BCUT2D eigenvalue weighted by Crippen LogP contribution is 2.25. The molecule has 100 heavy (non-hydrogen) atoms. The Kier molecular flexibility index (Phi) is 20.5. The van der Waals surface area contributed by atoms with E-state index in [2.05, 4.69) is 77.1 Å². The fourth-order valence-electron chi connectivity index (χ4n) is 11.0. The number of carbonyl (C=O) groups is 3. The summed E-state index contributed by atoms with van der Waals surface area (Å²) in [4.78, 5) is 104. The van der Waals surface area contributed by atoms with Crippen molar-refractivity contribution in [3.05, 3.63) is 228 Å². The lowest BCUT2D eigenvalue weighted by Crippen LogP contribution is -2.36. The monoisotopic (exact) mass is 1370 g/mol. The lowest BCUT2D eigenvalue weighted by atomic mass is 10.2. The summed E-state index contributed by atoms with van der Waals surface area (Å²) in [6, 6.07) is 25.6. The molecular weight excluding hydrogens is 1300 g/mol. The highest BCUT2D eigenvalue weighted by Gasteiger charge is 2.24. The van der Waals surface area contributed by atoms with Gasteiger partial charge in [0.15, 0.2) is 16.9 Å². The number of rotatable bonds is 12. The Morgan fingerprint density at radius 1 is 0.640 bits per heavy atom. The third-order valence-electron chi connectivity index (χ3n) is 15.8. The number of amides is 3. The number of pyridine rings is 6. The van der Waals surface area contributed by atoms with Crippen molar-refractivity contribution in [2.45, 2.75) is 85.4 Å². The van der Waals surface area contributed by atoms with E-state index in [0.29, 0.717) is 110 Å². The average molecular weight is 1370 g/mol. The van der Waals surface area contributed by atoms with E-state index < -0.39 is 0 Å². The Morgan fingerprint density at radius 2 is 1.14 bits per heavy atom. The van der Waals surface area contributed by atoms with Gasteiger partial charge in [-0.2, -0.15) is 19.8 Å². The Hall–Kier alpha value is -12.1. The van der Waals surface area contributed by atoms with E-state index in [1.54, 1.807) is 126 Å². The first-order valence-electron chi connectivity index (χ1n) is 31.9. The maximum Gasteiger partial charge on any atom is 0.280 e. The molecule has 0 spiro atoms. The van der Waals surface area contributed by atoms with Crippen molar-refractivity contribution >= 4 is 80.8 Å². The van der Waals surface area contributed by atoms with Crippen LogP contribution in [0.25, 0.3) is 34.4 Å². The summed E-state index contributed by atoms with van der Waals surface area (Å²) < 4.78 is 26.6. The number of aryl methyl sites for hydroxylation is 2. The number of ether oxygens (including phenoxy) is 3. The first-order chi connectivity index (χ1) is 48.4. The molecule has 0 saturated carbocycles. The number of fused-ring (bicyclic) bond motifs is 7. The highest BCUT2D eigenvalue weighted by molar-refractivity contribution is 6.29. The largest absolute Gasteiger partial charge is 0.394 e. The summed E-state index contributed by atoms with van der Waals surface area (Å²) >= 11 is 6.10. The molecule has 12 aromatic heterocycles. The zero-order valence-electron chi connectivity index (χ0n) is 55.1. The lowest BCUT2D eigenvalue weighted by Gasteiger charge is -2.17.